The molecule has 0 saturated carbocycles. The van der Waals surface area contributed by atoms with E-state index in [2.05, 4.69) is 18.7 Å². The Hall–Kier alpha value is -0.0400. The van der Waals surface area contributed by atoms with Crippen molar-refractivity contribution in [2.75, 3.05) is 0 Å². The van der Waals surface area contributed by atoms with Crippen LogP contribution in [0.2, 0.25) is 0 Å². The van der Waals surface area contributed by atoms with Crippen molar-refractivity contribution in [1.82, 2.24) is 4.90 Å². The van der Waals surface area contributed by atoms with Crippen LogP contribution in [-0.2, 0) is 0 Å². The van der Waals surface area contributed by atoms with Gasteiger partial charge < -0.3 is 0 Å². The lowest BCUT2D eigenvalue weighted by atomic mass is 9.64. The first kappa shape index (κ1) is 7.37. The van der Waals surface area contributed by atoms with Crippen molar-refractivity contribution in [2.24, 2.45) is 11.8 Å². The highest BCUT2D eigenvalue weighted by Crippen LogP contribution is 2.51. The maximum absolute atomic E-state index is 2.79. The van der Waals surface area contributed by atoms with E-state index in [9.17, 15) is 0 Å². The molecule has 0 aromatic heterocycles. The maximum Gasteiger partial charge on any atom is 0.0131 e. The normalized spacial score (nSPS) is 51.2. The molecule has 0 bridgehead atoms. The minimum atomic E-state index is 0.923. The molecule has 12 heavy (non-hydrogen) atoms. The van der Waals surface area contributed by atoms with Crippen LogP contribution >= 0.6 is 0 Å². The summed E-state index contributed by atoms with van der Waals surface area (Å²) in [5, 5.41) is 0. The number of hydrogen-bond donors (Lipinski definition) is 0. The Kier molecular flexibility index (Phi) is 1.39. The SMILES string of the molecule is CC(C)C1CC2CC3CC(C1)N23. The summed E-state index contributed by atoms with van der Waals surface area (Å²) in [5.41, 5.74) is 0. The molecule has 3 rings (SSSR count). The number of piperidine rings is 2. The van der Waals surface area contributed by atoms with E-state index in [1.54, 1.807) is 0 Å². The molecule has 0 aliphatic carbocycles. The Bertz CT molecular complexity index is 183. The summed E-state index contributed by atoms with van der Waals surface area (Å²) in [6, 6.07) is 3.05. The summed E-state index contributed by atoms with van der Waals surface area (Å²) >= 11 is 0. The molecule has 3 heterocycles. The predicted molar refractivity (Wildman–Crippen MR) is 50.0 cm³/mol. The van der Waals surface area contributed by atoms with Gasteiger partial charge in [-0.1, -0.05) is 13.8 Å². The Balaban J connectivity index is 1.71. The Morgan fingerprint density at radius 1 is 0.917 bits per heavy atom. The Morgan fingerprint density at radius 2 is 1.42 bits per heavy atom. The van der Waals surface area contributed by atoms with Gasteiger partial charge >= 0.3 is 0 Å². The fraction of sp³-hybridized carbons (Fsp3) is 1.00. The van der Waals surface area contributed by atoms with Crippen molar-refractivity contribution >= 4 is 0 Å². The first-order chi connectivity index (χ1) is 5.75. The number of nitrogens with zero attached hydrogens (tertiary/aromatic N) is 1. The van der Waals surface area contributed by atoms with E-state index >= 15 is 0 Å². The fourth-order valence-corrected chi connectivity index (χ4v) is 3.61. The third-order valence-electron chi connectivity index (χ3n) is 4.45. The van der Waals surface area contributed by atoms with Crippen LogP contribution in [0, 0.1) is 11.8 Å². The molecular formula is C11H19N. The van der Waals surface area contributed by atoms with E-state index in [0.717, 1.165) is 30.0 Å². The van der Waals surface area contributed by atoms with Gasteiger partial charge in [0.25, 0.3) is 0 Å². The molecule has 0 aromatic rings. The molecule has 0 N–H and O–H groups in total. The standard InChI is InChI=1S/C11H19N/c1-7(2)8-3-9-5-11-6-10(4-8)12(9)11/h7-11H,3-6H2,1-2H3. The van der Waals surface area contributed by atoms with E-state index in [-0.39, 0.29) is 0 Å². The Morgan fingerprint density at radius 3 is 1.83 bits per heavy atom. The van der Waals surface area contributed by atoms with Gasteiger partial charge in [-0.15, -0.1) is 0 Å². The largest absolute Gasteiger partial charge is 0.294 e. The lowest BCUT2D eigenvalue weighted by molar-refractivity contribution is -0.162. The molecule has 3 aliphatic heterocycles. The average Bonchev–Trinajstić information content (AvgIpc) is 1.91. The highest BCUT2D eigenvalue weighted by atomic mass is 15.3. The third-order valence-corrected chi connectivity index (χ3v) is 4.45. The maximum atomic E-state index is 2.79. The average molecular weight is 165 g/mol. The van der Waals surface area contributed by atoms with Crippen molar-refractivity contribution in [3.8, 4) is 0 Å². The van der Waals surface area contributed by atoms with Gasteiger partial charge in [-0.05, 0) is 37.5 Å². The highest BCUT2D eigenvalue weighted by Gasteiger charge is 2.54. The molecule has 0 amide bonds. The molecule has 68 valence electrons. The second-order valence-corrected chi connectivity index (χ2v) is 5.36. The summed E-state index contributed by atoms with van der Waals surface area (Å²) in [6.07, 6.45) is 6.06. The molecule has 0 spiro atoms. The molecule has 0 radical (unpaired) electrons. The van der Waals surface area contributed by atoms with Crippen LogP contribution in [0.1, 0.15) is 39.5 Å². The molecule has 3 aliphatic rings. The fourth-order valence-electron chi connectivity index (χ4n) is 3.61. The van der Waals surface area contributed by atoms with Crippen molar-refractivity contribution < 1.29 is 0 Å². The summed E-state index contributed by atoms with van der Waals surface area (Å²) in [6.45, 7) is 4.80. The molecule has 1 heteroatoms. The van der Waals surface area contributed by atoms with E-state index < -0.39 is 0 Å². The first-order valence-corrected chi connectivity index (χ1v) is 5.53. The van der Waals surface area contributed by atoms with Gasteiger partial charge in [0.1, 0.15) is 0 Å². The number of rotatable bonds is 1. The van der Waals surface area contributed by atoms with Crippen LogP contribution < -0.4 is 0 Å². The quantitative estimate of drug-likeness (QED) is 0.576. The lowest BCUT2D eigenvalue weighted by Crippen LogP contribution is -2.72. The van der Waals surface area contributed by atoms with E-state index in [4.69, 9.17) is 0 Å². The van der Waals surface area contributed by atoms with Crippen LogP contribution in [0.5, 0.6) is 0 Å². The van der Waals surface area contributed by atoms with Crippen LogP contribution in [0.4, 0.5) is 0 Å². The molecule has 0 aromatic carbocycles. The molecule has 1 nitrogen and oxygen atoms in total. The minimum absolute atomic E-state index is 0.923. The second-order valence-electron chi connectivity index (χ2n) is 5.36. The summed E-state index contributed by atoms with van der Waals surface area (Å²) < 4.78 is 0. The predicted octanol–water partition coefficient (Wildman–Crippen LogP) is 2.27. The minimum Gasteiger partial charge on any atom is -0.294 e. The molecular weight excluding hydrogens is 146 g/mol. The van der Waals surface area contributed by atoms with Gasteiger partial charge in [0.05, 0.1) is 0 Å². The summed E-state index contributed by atoms with van der Waals surface area (Å²) in [5.74, 6) is 1.96. The second kappa shape index (κ2) is 2.25. The van der Waals surface area contributed by atoms with Gasteiger partial charge in [-0.3, -0.25) is 4.90 Å². The van der Waals surface area contributed by atoms with Gasteiger partial charge in [-0.2, -0.15) is 0 Å². The molecule has 3 fully saturated rings. The van der Waals surface area contributed by atoms with Crippen LogP contribution in [0.25, 0.3) is 0 Å². The molecule has 3 saturated heterocycles. The highest BCUT2D eigenvalue weighted by molar-refractivity contribution is 5.10. The van der Waals surface area contributed by atoms with E-state index in [1.807, 2.05) is 0 Å². The van der Waals surface area contributed by atoms with Crippen LogP contribution in [0.3, 0.4) is 0 Å². The Labute approximate surface area is 75.1 Å². The van der Waals surface area contributed by atoms with Crippen molar-refractivity contribution in [2.45, 2.75) is 57.7 Å². The molecule has 2 atom stereocenters. The zero-order chi connectivity index (χ0) is 8.29. The van der Waals surface area contributed by atoms with E-state index in [1.165, 1.54) is 25.7 Å². The lowest BCUT2D eigenvalue weighted by Gasteiger charge is -2.66. The van der Waals surface area contributed by atoms with Gasteiger partial charge in [0, 0.05) is 18.1 Å². The van der Waals surface area contributed by atoms with Crippen molar-refractivity contribution in [1.29, 1.82) is 0 Å². The summed E-state index contributed by atoms with van der Waals surface area (Å²) in [4.78, 5) is 2.79. The van der Waals surface area contributed by atoms with Crippen molar-refractivity contribution in [3.05, 3.63) is 0 Å². The topological polar surface area (TPSA) is 3.24 Å². The van der Waals surface area contributed by atoms with Crippen molar-refractivity contribution in [3.63, 3.8) is 0 Å². The van der Waals surface area contributed by atoms with Crippen LogP contribution in [-0.4, -0.2) is 23.0 Å². The van der Waals surface area contributed by atoms with Gasteiger partial charge in [0.15, 0.2) is 0 Å². The smallest absolute Gasteiger partial charge is 0.0131 e. The van der Waals surface area contributed by atoms with E-state index in [0.29, 0.717) is 0 Å². The van der Waals surface area contributed by atoms with Gasteiger partial charge in [-0.25, -0.2) is 0 Å². The van der Waals surface area contributed by atoms with Crippen LogP contribution in [0.15, 0.2) is 0 Å². The zero-order valence-electron chi connectivity index (χ0n) is 8.16. The first-order valence-electron chi connectivity index (χ1n) is 5.53. The zero-order valence-corrected chi connectivity index (χ0v) is 8.16. The molecule has 2 unspecified atom stereocenters. The van der Waals surface area contributed by atoms with Gasteiger partial charge in [0.2, 0.25) is 0 Å². The number of hydrogen-bond acceptors (Lipinski definition) is 1. The monoisotopic (exact) mass is 165 g/mol. The third kappa shape index (κ3) is 0.783. The summed E-state index contributed by atoms with van der Waals surface area (Å²) in [7, 11) is 0.